The van der Waals surface area contributed by atoms with Crippen molar-refractivity contribution in [3.63, 3.8) is 0 Å². The summed E-state index contributed by atoms with van der Waals surface area (Å²) >= 11 is 0. The van der Waals surface area contributed by atoms with Crippen LogP contribution < -0.4 is 10.1 Å². The predicted molar refractivity (Wildman–Crippen MR) is 115 cm³/mol. The van der Waals surface area contributed by atoms with E-state index in [1.807, 2.05) is 7.05 Å². The molecule has 0 spiro atoms. The molecule has 0 radical (unpaired) electrons. The molecule has 1 atom stereocenters. The van der Waals surface area contributed by atoms with E-state index in [1.165, 1.54) is 13.2 Å². The number of ether oxygens (including phenoxy) is 1. The van der Waals surface area contributed by atoms with Gasteiger partial charge in [-0.15, -0.1) is 0 Å². The van der Waals surface area contributed by atoms with E-state index < -0.39 is 0 Å². The minimum absolute atomic E-state index is 0.0134. The molecule has 0 bridgehead atoms. The molecule has 0 unspecified atom stereocenters. The van der Waals surface area contributed by atoms with Crippen LogP contribution in [0.25, 0.3) is 6.08 Å². The maximum atomic E-state index is 12.1. The number of aliphatic hydroxyl groups excluding tert-OH is 1. The number of Topliss-reactive ketones (excluding diaryl/α,β-unsaturated/α-hetero) is 1. The van der Waals surface area contributed by atoms with Gasteiger partial charge in [0.25, 0.3) is 0 Å². The number of benzene rings is 1. The molecule has 6 heteroatoms. The number of unbranched alkanes of at least 4 members (excludes halogenated alkanes) is 2. The molecule has 0 amide bonds. The van der Waals surface area contributed by atoms with Gasteiger partial charge < -0.3 is 20.3 Å². The number of aliphatic hydroxyl groups is 1. The minimum Gasteiger partial charge on any atom is -0.504 e. The summed E-state index contributed by atoms with van der Waals surface area (Å²) in [6, 6.07) is 3.30. The zero-order valence-corrected chi connectivity index (χ0v) is 17.9. The van der Waals surface area contributed by atoms with E-state index in [4.69, 9.17) is 9.84 Å². The second kappa shape index (κ2) is 13.9. The molecule has 1 aromatic carbocycles. The third-order valence-corrected chi connectivity index (χ3v) is 4.82. The van der Waals surface area contributed by atoms with Gasteiger partial charge in [-0.1, -0.05) is 25.8 Å². The van der Waals surface area contributed by atoms with Crippen LogP contribution in [-0.4, -0.2) is 49.1 Å². The Morgan fingerprint density at radius 3 is 2.66 bits per heavy atom. The molecule has 0 saturated carbocycles. The number of phenols is 1. The van der Waals surface area contributed by atoms with Crippen LogP contribution in [0.4, 0.5) is 0 Å². The van der Waals surface area contributed by atoms with Gasteiger partial charge in [-0.25, -0.2) is 0 Å². The fourth-order valence-electron chi connectivity index (χ4n) is 3.23. The lowest BCUT2D eigenvalue weighted by molar-refractivity contribution is -0.124. The molecule has 6 nitrogen and oxygen atoms in total. The van der Waals surface area contributed by atoms with E-state index >= 15 is 0 Å². The number of hydrogen-bond donors (Lipinski definition) is 3. The number of methoxy groups -OCH3 is 1. The van der Waals surface area contributed by atoms with E-state index in [2.05, 4.69) is 12.2 Å². The number of nitrogens with one attached hydrogen (secondary N) is 1. The Kier molecular flexibility index (Phi) is 11.9. The smallest absolute Gasteiger partial charge is 0.163 e. The summed E-state index contributed by atoms with van der Waals surface area (Å²) in [5, 5.41) is 22.3. The van der Waals surface area contributed by atoms with Crippen molar-refractivity contribution in [3.05, 3.63) is 29.3 Å². The van der Waals surface area contributed by atoms with E-state index in [-0.39, 0.29) is 42.5 Å². The standard InChI is InChI=1S/C23H35NO5/c1-17(16-24-2)7-5-4-6-8-20(26)15-21(27)10-9-18-13-19(11-12-25)23(28)22(14-18)29-3/h9-10,13-14,17,24-25,28H,4-8,11-12,15-16H2,1-3H3/t17-/m1/s1. The first-order valence-corrected chi connectivity index (χ1v) is 10.3. The Labute approximate surface area is 174 Å². The lowest BCUT2D eigenvalue weighted by Crippen LogP contribution is -2.15. The van der Waals surface area contributed by atoms with Gasteiger partial charge in [-0.3, -0.25) is 9.59 Å². The highest BCUT2D eigenvalue weighted by Gasteiger charge is 2.11. The lowest BCUT2D eigenvalue weighted by Gasteiger charge is -2.10. The maximum absolute atomic E-state index is 12.1. The number of carbonyl (C=O) groups is 2. The molecule has 0 saturated heterocycles. The molecule has 162 valence electrons. The summed E-state index contributed by atoms with van der Waals surface area (Å²) in [5.74, 6) is 0.628. The third kappa shape index (κ3) is 9.72. The number of phenolic OH excluding ortho intramolecular Hbond substituents is 1. The average molecular weight is 406 g/mol. The van der Waals surface area contributed by atoms with Crippen LogP contribution in [-0.2, 0) is 16.0 Å². The van der Waals surface area contributed by atoms with Crippen molar-refractivity contribution >= 4 is 17.6 Å². The van der Waals surface area contributed by atoms with Crippen LogP contribution in [0.1, 0.15) is 56.6 Å². The highest BCUT2D eigenvalue weighted by Crippen LogP contribution is 2.32. The first kappa shape index (κ1) is 24.9. The molecule has 3 N–H and O–H groups in total. The highest BCUT2D eigenvalue weighted by atomic mass is 16.5. The fourth-order valence-corrected chi connectivity index (χ4v) is 3.23. The zero-order chi connectivity index (χ0) is 21.6. The van der Waals surface area contributed by atoms with E-state index in [9.17, 15) is 14.7 Å². The van der Waals surface area contributed by atoms with Gasteiger partial charge >= 0.3 is 0 Å². The Morgan fingerprint density at radius 2 is 2.00 bits per heavy atom. The number of allylic oxidation sites excluding steroid dienone is 1. The summed E-state index contributed by atoms with van der Waals surface area (Å²) in [5.41, 5.74) is 1.21. The first-order chi connectivity index (χ1) is 13.9. The monoisotopic (exact) mass is 405 g/mol. The Bertz CT molecular complexity index is 684. The first-order valence-electron chi connectivity index (χ1n) is 10.3. The van der Waals surface area contributed by atoms with Crippen molar-refractivity contribution in [1.29, 1.82) is 0 Å². The number of rotatable bonds is 15. The summed E-state index contributed by atoms with van der Waals surface area (Å²) in [6.45, 7) is 3.11. The van der Waals surface area contributed by atoms with E-state index in [0.29, 0.717) is 23.5 Å². The predicted octanol–water partition coefficient (Wildman–Crippen LogP) is 3.28. The van der Waals surface area contributed by atoms with Crippen LogP contribution in [0.15, 0.2) is 18.2 Å². The summed E-state index contributed by atoms with van der Waals surface area (Å²) in [4.78, 5) is 24.1. The molecular formula is C23H35NO5. The molecule has 0 heterocycles. The molecule has 0 fully saturated rings. The van der Waals surface area contributed by atoms with Gasteiger partial charge in [-0.05, 0) is 62.5 Å². The average Bonchev–Trinajstić information content (AvgIpc) is 2.68. The molecule has 1 aromatic rings. The molecule has 0 aromatic heterocycles. The van der Waals surface area contributed by atoms with Crippen molar-refractivity contribution in [2.45, 2.75) is 51.9 Å². The third-order valence-electron chi connectivity index (χ3n) is 4.82. The van der Waals surface area contributed by atoms with Gasteiger partial charge in [0.15, 0.2) is 17.3 Å². The van der Waals surface area contributed by atoms with Crippen LogP contribution in [0.5, 0.6) is 11.5 Å². The fraction of sp³-hybridized carbons (Fsp3) is 0.565. The van der Waals surface area contributed by atoms with Crippen molar-refractivity contribution in [3.8, 4) is 11.5 Å². The maximum Gasteiger partial charge on any atom is 0.163 e. The summed E-state index contributed by atoms with van der Waals surface area (Å²) in [7, 11) is 3.39. The van der Waals surface area contributed by atoms with Gasteiger partial charge in [-0.2, -0.15) is 0 Å². The minimum atomic E-state index is -0.242. The molecule has 0 aliphatic carbocycles. The van der Waals surface area contributed by atoms with E-state index in [1.54, 1.807) is 18.2 Å². The van der Waals surface area contributed by atoms with Crippen LogP contribution in [0, 0.1) is 5.92 Å². The van der Waals surface area contributed by atoms with Crippen molar-refractivity contribution in [2.75, 3.05) is 27.3 Å². The van der Waals surface area contributed by atoms with Crippen LogP contribution >= 0.6 is 0 Å². The number of hydrogen-bond acceptors (Lipinski definition) is 6. The van der Waals surface area contributed by atoms with Gasteiger partial charge in [0.1, 0.15) is 5.78 Å². The summed E-state index contributed by atoms with van der Waals surface area (Å²) < 4.78 is 5.13. The molecule has 0 aliphatic rings. The molecule has 29 heavy (non-hydrogen) atoms. The van der Waals surface area contributed by atoms with Crippen LogP contribution in [0.3, 0.4) is 0 Å². The normalized spacial score (nSPS) is 12.3. The van der Waals surface area contributed by atoms with Crippen LogP contribution in [0.2, 0.25) is 0 Å². The van der Waals surface area contributed by atoms with Gasteiger partial charge in [0.05, 0.1) is 13.5 Å². The topological polar surface area (TPSA) is 95.9 Å². The Hall–Kier alpha value is -2.18. The number of aromatic hydroxyl groups is 1. The van der Waals surface area contributed by atoms with Gasteiger partial charge in [0.2, 0.25) is 0 Å². The second-order valence-electron chi connectivity index (χ2n) is 7.48. The Morgan fingerprint density at radius 1 is 1.24 bits per heavy atom. The number of carbonyl (C=O) groups excluding carboxylic acids is 2. The zero-order valence-electron chi connectivity index (χ0n) is 17.9. The SMILES string of the molecule is CNC[C@H](C)CCCCCC(=O)CC(=O)C=Cc1cc(CCO)c(O)c(OC)c1. The van der Waals surface area contributed by atoms with Gasteiger partial charge in [0, 0.05) is 18.6 Å². The quantitative estimate of drug-likeness (QED) is 0.235. The molecule has 0 aliphatic heterocycles. The highest BCUT2D eigenvalue weighted by molar-refractivity contribution is 6.06. The Balaban J connectivity index is 2.46. The van der Waals surface area contributed by atoms with Crippen molar-refractivity contribution in [2.24, 2.45) is 5.92 Å². The number of ketones is 2. The van der Waals surface area contributed by atoms with Crippen molar-refractivity contribution in [1.82, 2.24) is 5.32 Å². The largest absolute Gasteiger partial charge is 0.504 e. The molecular weight excluding hydrogens is 370 g/mol. The lowest BCUT2D eigenvalue weighted by atomic mass is 10.0. The van der Waals surface area contributed by atoms with E-state index in [0.717, 1.165) is 32.2 Å². The summed E-state index contributed by atoms with van der Waals surface area (Å²) in [6.07, 6.45) is 7.68. The van der Waals surface area contributed by atoms with Crippen molar-refractivity contribution < 1.29 is 24.5 Å². The second-order valence-corrected chi connectivity index (χ2v) is 7.48. The molecule has 1 rings (SSSR count).